The largest absolute Gasteiger partial charge is 0.318 e. The minimum atomic E-state index is -0.194. The van der Waals surface area contributed by atoms with Crippen LogP contribution >= 0.6 is 46.6 Å². The zero-order chi connectivity index (χ0) is 18.8. The Morgan fingerprint density at radius 2 is 1.88 bits per heavy atom. The number of nitrogens with zero attached hydrogens (tertiary/aromatic N) is 4. The molecule has 2 aromatic heterocycles. The number of pyridine rings is 1. The van der Waals surface area contributed by atoms with E-state index < -0.39 is 0 Å². The number of carbonyl (C=O) groups is 1. The Bertz CT molecular complexity index is 962. The first-order valence-electron chi connectivity index (χ1n) is 7.40. The van der Waals surface area contributed by atoms with Gasteiger partial charge < -0.3 is 9.47 Å². The van der Waals surface area contributed by atoms with Gasteiger partial charge in [-0.3, -0.25) is 9.78 Å². The van der Waals surface area contributed by atoms with Gasteiger partial charge >= 0.3 is 0 Å². The van der Waals surface area contributed by atoms with Gasteiger partial charge in [-0.05, 0) is 24.3 Å². The molecule has 0 atom stereocenters. The molecule has 134 valence electrons. The maximum absolute atomic E-state index is 12.8. The molecule has 26 heavy (non-hydrogen) atoms. The Kier molecular flexibility index (Phi) is 5.77. The van der Waals surface area contributed by atoms with Gasteiger partial charge in [0.1, 0.15) is 5.69 Å². The Hall–Kier alpha value is -1.73. The van der Waals surface area contributed by atoms with Gasteiger partial charge in [0.25, 0.3) is 5.91 Å². The highest BCUT2D eigenvalue weighted by molar-refractivity contribution is 7.99. The summed E-state index contributed by atoms with van der Waals surface area (Å²) in [5, 5.41) is 1.86. The van der Waals surface area contributed by atoms with Gasteiger partial charge in [0.15, 0.2) is 5.16 Å². The number of carbonyl (C=O) groups excluding carboxylic acids is 1. The summed E-state index contributed by atoms with van der Waals surface area (Å²) in [5.41, 5.74) is 1.13. The van der Waals surface area contributed by atoms with Crippen molar-refractivity contribution in [2.45, 2.75) is 10.1 Å². The van der Waals surface area contributed by atoms with Crippen LogP contribution in [-0.4, -0.2) is 27.5 Å². The molecule has 5 nitrogen and oxygen atoms in total. The van der Waals surface area contributed by atoms with Crippen LogP contribution in [0.2, 0.25) is 15.1 Å². The summed E-state index contributed by atoms with van der Waals surface area (Å²) >= 11 is 19.5. The second-order valence-electron chi connectivity index (χ2n) is 5.36. The fraction of sp³-hybridized carbons (Fsp3) is 0.118. The van der Waals surface area contributed by atoms with Crippen molar-refractivity contribution >= 4 is 58.2 Å². The van der Waals surface area contributed by atoms with Crippen LogP contribution in [0.4, 0.5) is 5.69 Å². The lowest BCUT2D eigenvalue weighted by molar-refractivity contribution is 0.0984. The average Bonchev–Trinajstić information content (AvgIpc) is 2.99. The summed E-state index contributed by atoms with van der Waals surface area (Å²) in [4.78, 5) is 23.3. The van der Waals surface area contributed by atoms with Gasteiger partial charge in [0.2, 0.25) is 0 Å². The van der Waals surface area contributed by atoms with Crippen LogP contribution in [-0.2, 0) is 7.05 Å². The first-order valence-corrected chi connectivity index (χ1v) is 9.35. The van der Waals surface area contributed by atoms with Crippen LogP contribution < -0.4 is 4.90 Å². The van der Waals surface area contributed by atoms with E-state index in [0.717, 1.165) is 0 Å². The van der Waals surface area contributed by atoms with E-state index in [1.807, 2.05) is 6.07 Å². The van der Waals surface area contributed by atoms with Gasteiger partial charge in [-0.15, -0.1) is 0 Å². The van der Waals surface area contributed by atoms with E-state index in [9.17, 15) is 4.79 Å². The molecule has 0 aliphatic rings. The van der Waals surface area contributed by atoms with Crippen LogP contribution in [0.25, 0.3) is 0 Å². The van der Waals surface area contributed by atoms with Crippen LogP contribution in [0.15, 0.2) is 52.9 Å². The second kappa shape index (κ2) is 7.88. The summed E-state index contributed by atoms with van der Waals surface area (Å²) in [5.74, 6) is -0.194. The molecule has 0 aliphatic heterocycles. The average molecular weight is 428 g/mol. The van der Waals surface area contributed by atoms with Crippen molar-refractivity contribution in [1.29, 1.82) is 0 Å². The number of benzene rings is 1. The van der Waals surface area contributed by atoms with Gasteiger partial charge in [0, 0.05) is 25.2 Å². The van der Waals surface area contributed by atoms with Crippen molar-refractivity contribution in [3.05, 3.63) is 63.6 Å². The molecule has 3 aromatic rings. The van der Waals surface area contributed by atoms with Crippen molar-refractivity contribution < 1.29 is 4.79 Å². The molecule has 0 saturated heterocycles. The normalized spacial score (nSPS) is 10.8. The molecule has 0 fully saturated rings. The first-order chi connectivity index (χ1) is 12.4. The number of imidazole rings is 1. The highest BCUT2D eigenvalue weighted by Crippen LogP contribution is 2.37. The van der Waals surface area contributed by atoms with Crippen molar-refractivity contribution in [2.24, 2.45) is 7.05 Å². The third-order valence-electron chi connectivity index (χ3n) is 3.68. The SMILES string of the molecule is CN(C(=O)c1cnc(Sc2cc(Cl)c(Cl)cc2Cl)n1C)c1cccnc1. The van der Waals surface area contributed by atoms with E-state index in [4.69, 9.17) is 34.8 Å². The van der Waals surface area contributed by atoms with E-state index >= 15 is 0 Å². The summed E-state index contributed by atoms with van der Waals surface area (Å²) in [6.45, 7) is 0. The quantitative estimate of drug-likeness (QED) is 0.537. The highest BCUT2D eigenvalue weighted by Gasteiger charge is 2.20. The Labute approximate surface area is 169 Å². The summed E-state index contributed by atoms with van der Waals surface area (Å²) in [6.07, 6.45) is 4.81. The number of halogens is 3. The molecular weight excluding hydrogens is 415 g/mol. The number of hydrogen-bond acceptors (Lipinski definition) is 4. The minimum absolute atomic E-state index is 0.194. The first kappa shape index (κ1) is 19.0. The number of hydrogen-bond donors (Lipinski definition) is 0. The second-order valence-corrected chi connectivity index (χ2v) is 7.59. The molecule has 1 amide bonds. The number of aromatic nitrogens is 3. The van der Waals surface area contributed by atoms with Gasteiger partial charge in [0.05, 0.1) is 33.1 Å². The van der Waals surface area contributed by atoms with Crippen molar-refractivity contribution in [1.82, 2.24) is 14.5 Å². The van der Waals surface area contributed by atoms with Crippen molar-refractivity contribution in [3.63, 3.8) is 0 Å². The third kappa shape index (κ3) is 3.83. The zero-order valence-corrected chi connectivity index (χ0v) is 16.9. The lowest BCUT2D eigenvalue weighted by atomic mass is 10.3. The number of amides is 1. The van der Waals surface area contributed by atoms with E-state index in [1.165, 1.54) is 22.9 Å². The fourth-order valence-corrected chi connectivity index (χ4v) is 3.81. The molecule has 0 radical (unpaired) electrons. The predicted molar refractivity (Wildman–Crippen MR) is 106 cm³/mol. The highest BCUT2D eigenvalue weighted by atomic mass is 35.5. The van der Waals surface area contributed by atoms with Crippen LogP contribution in [0, 0.1) is 0 Å². The van der Waals surface area contributed by atoms with E-state index in [0.29, 0.717) is 36.5 Å². The molecule has 0 bridgehead atoms. The number of rotatable bonds is 4. The van der Waals surface area contributed by atoms with E-state index in [-0.39, 0.29) is 5.91 Å². The maximum Gasteiger partial charge on any atom is 0.276 e. The molecule has 3 rings (SSSR count). The van der Waals surface area contributed by atoms with E-state index in [1.54, 1.807) is 49.3 Å². The lowest BCUT2D eigenvalue weighted by Crippen LogP contribution is -2.28. The molecule has 0 aliphatic carbocycles. The molecule has 2 heterocycles. The summed E-state index contributed by atoms with van der Waals surface area (Å²) in [6, 6.07) is 6.84. The summed E-state index contributed by atoms with van der Waals surface area (Å²) < 4.78 is 1.71. The topological polar surface area (TPSA) is 51.0 Å². The van der Waals surface area contributed by atoms with Crippen molar-refractivity contribution in [3.8, 4) is 0 Å². The predicted octanol–water partition coefficient (Wildman–Crippen LogP) is 5.20. The molecule has 1 aromatic carbocycles. The minimum Gasteiger partial charge on any atom is -0.318 e. The van der Waals surface area contributed by atoms with Crippen LogP contribution in [0.1, 0.15) is 10.5 Å². The van der Waals surface area contributed by atoms with Crippen LogP contribution in [0.5, 0.6) is 0 Å². The standard InChI is InChI=1S/C17H13Cl3N4OS/c1-23(10-4-3-5-21-8-10)16(25)14-9-22-17(24(14)2)26-15-7-12(19)11(18)6-13(15)20/h3-9H,1-2H3. The Morgan fingerprint density at radius 1 is 1.15 bits per heavy atom. The molecular formula is C17H13Cl3N4OS. The lowest BCUT2D eigenvalue weighted by Gasteiger charge is -2.17. The molecule has 9 heteroatoms. The molecule has 0 saturated carbocycles. The van der Waals surface area contributed by atoms with Gasteiger partial charge in [-0.25, -0.2) is 4.98 Å². The molecule has 0 N–H and O–H groups in total. The van der Waals surface area contributed by atoms with Gasteiger partial charge in [-0.1, -0.05) is 46.6 Å². The molecule has 0 spiro atoms. The Morgan fingerprint density at radius 3 is 2.58 bits per heavy atom. The summed E-state index contributed by atoms with van der Waals surface area (Å²) in [7, 11) is 3.46. The van der Waals surface area contributed by atoms with Gasteiger partial charge in [-0.2, -0.15) is 0 Å². The molecule has 0 unspecified atom stereocenters. The van der Waals surface area contributed by atoms with Crippen LogP contribution in [0.3, 0.4) is 0 Å². The maximum atomic E-state index is 12.8. The Balaban J connectivity index is 1.86. The third-order valence-corrected chi connectivity index (χ3v) is 5.95. The monoisotopic (exact) mass is 426 g/mol. The fourth-order valence-electron chi connectivity index (χ4n) is 2.21. The smallest absolute Gasteiger partial charge is 0.276 e. The zero-order valence-electron chi connectivity index (χ0n) is 13.8. The van der Waals surface area contributed by atoms with Crippen molar-refractivity contribution in [2.75, 3.05) is 11.9 Å². The number of anilines is 1. The van der Waals surface area contributed by atoms with E-state index in [2.05, 4.69) is 9.97 Å².